The molecule has 0 saturated carbocycles. The van der Waals surface area contributed by atoms with Crippen LogP contribution in [-0.4, -0.2) is 54.0 Å². The first-order valence-electron chi connectivity index (χ1n) is 14.0. The lowest BCUT2D eigenvalue weighted by molar-refractivity contribution is -0.294. The smallest absolute Gasteiger partial charge is 0.313 e. The number of allylic oxidation sites excluding steroid dienone is 4. The van der Waals surface area contributed by atoms with Crippen molar-refractivity contribution in [1.82, 2.24) is 0 Å². The van der Waals surface area contributed by atoms with Gasteiger partial charge < -0.3 is 24.1 Å². The number of hydrogen-bond donors (Lipinski definition) is 1. The van der Waals surface area contributed by atoms with E-state index in [-0.39, 0.29) is 30.2 Å². The van der Waals surface area contributed by atoms with E-state index in [4.69, 9.17) is 18.9 Å². The maximum Gasteiger partial charge on any atom is 0.313 e. The van der Waals surface area contributed by atoms with Crippen molar-refractivity contribution in [1.29, 1.82) is 0 Å². The second kappa shape index (κ2) is 11.0. The average Bonchev–Trinajstić information content (AvgIpc) is 3.29. The Labute approximate surface area is 221 Å². The van der Waals surface area contributed by atoms with Crippen LogP contribution in [0.2, 0.25) is 0 Å². The number of aliphatic hydroxyl groups excluding tert-OH is 1. The van der Waals surface area contributed by atoms with Gasteiger partial charge in [0.2, 0.25) is 0 Å². The first-order chi connectivity index (χ1) is 17.8. The van der Waals surface area contributed by atoms with Crippen molar-refractivity contribution in [2.45, 2.75) is 103 Å². The Morgan fingerprint density at radius 1 is 1.19 bits per heavy atom. The fourth-order valence-electron chi connectivity index (χ4n) is 6.49. The Hall–Kier alpha value is -1.99. The van der Waals surface area contributed by atoms with Crippen molar-refractivity contribution >= 4 is 5.97 Å². The normalized spacial score (nSPS) is 46.2. The molecular formula is C31H42O6. The van der Waals surface area contributed by atoms with Crippen molar-refractivity contribution in [2.75, 3.05) is 6.61 Å². The van der Waals surface area contributed by atoms with Crippen LogP contribution in [0, 0.1) is 17.8 Å². The fraction of sp³-hybridized carbons (Fsp3) is 0.645. The SMILES string of the molecule is CC[C@H]1O[C@]2(C=C[C@@H]1C)C[C@@H]1C[C@@H](C/C=C(\C)CC/C=C/C=C3\COC4C3[C@@H](C=C(C)[C@H]4O)C(=O)O1)O2. The largest absolute Gasteiger partial charge is 0.462 e. The van der Waals surface area contributed by atoms with Gasteiger partial charge in [0.25, 0.3) is 0 Å². The molecule has 202 valence electrons. The standard InChI is InChI=1S/C31H42O6/c1-5-26-20(3)13-14-31(37-26)17-24-16-23(36-31)12-11-19(2)9-7-6-8-10-22-18-34-29-27(22)25(30(33)35-24)15-21(4)28(29)32/h6,8,10-11,13-15,20,23-29,32H,5,7,9,12,16-18H2,1-4H3/b8-6+,19-11+,22-10+/t20-,23+,24-,25+,26+,27?,28+,29?,31+/m0/s1. The monoisotopic (exact) mass is 510 g/mol. The second-order valence-corrected chi connectivity index (χ2v) is 11.5. The van der Waals surface area contributed by atoms with E-state index in [1.807, 2.05) is 19.1 Å². The quantitative estimate of drug-likeness (QED) is 0.379. The molecule has 4 heterocycles. The highest BCUT2D eigenvalue weighted by Crippen LogP contribution is 2.44. The number of ether oxygens (including phenoxy) is 4. The molecule has 1 spiro atoms. The molecule has 0 aromatic carbocycles. The molecule has 0 amide bonds. The van der Waals surface area contributed by atoms with Gasteiger partial charge in [0.1, 0.15) is 12.2 Å². The summed E-state index contributed by atoms with van der Waals surface area (Å²) in [6.45, 7) is 8.73. The van der Waals surface area contributed by atoms with Gasteiger partial charge in [-0.15, -0.1) is 0 Å². The molecule has 6 nitrogen and oxygen atoms in total. The summed E-state index contributed by atoms with van der Waals surface area (Å²) in [7, 11) is 0. The Bertz CT molecular complexity index is 1020. The molecule has 37 heavy (non-hydrogen) atoms. The molecule has 2 unspecified atom stereocenters. The number of hydrogen-bond acceptors (Lipinski definition) is 6. The van der Waals surface area contributed by atoms with Crippen LogP contribution in [0.5, 0.6) is 0 Å². The highest BCUT2D eigenvalue weighted by molar-refractivity contribution is 5.76. The minimum atomic E-state index is -0.879. The molecular weight excluding hydrogens is 468 g/mol. The lowest BCUT2D eigenvalue weighted by Gasteiger charge is -2.47. The molecule has 5 aliphatic rings. The number of aliphatic hydroxyl groups is 1. The summed E-state index contributed by atoms with van der Waals surface area (Å²) in [6.07, 6.45) is 17.8. The van der Waals surface area contributed by atoms with Crippen molar-refractivity contribution in [3.8, 4) is 0 Å². The van der Waals surface area contributed by atoms with Gasteiger partial charge in [-0.05, 0) is 56.8 Å². The molecule has 0 aromatic heterocycles. The highest BCUT2D eigenvalue weighted by Gasteiger charge is 2.50. The third-order valence-corrected chi connectivity index (χ3v) is 8.67. The minimum absolute atomic E-state index is 0.0662. The maximum absolute atomic E-state index is 13.7. The number of carbonyl (C=O) groups excluding carboxylic acids is 1. The third kappa shape index (κ3) is 5.58. The first kappa shape index (κ1) is 26.6. The van der Waals surface area contributed by atoms with Gasteiger partial charge in [-0.25, -0.2) is 0 Å². The molecule has 2 saturated heterocycles. The summed E-state index contributed by atoms with van der Waals surface area (Å²) in [5.41, 5.74) is 3.11. The number of esters is 1. The van der Waals surface area contributed by atoms with Gasteiger partial charge in [-0.2, -0.15) is 0 Å². The fourth-order valence-corrected chi connectivity index (χ4v) is 6.49. The van der Waals surface area contributed by atoms with Gasteiger partial charge >= 0.3 is 5.97 Å². The molecule has 0 aromatic rings. The minimum Gasteiger partial charge on any atom is -0.462 e. The topological polar surface area (TPSA) is 74.2 Å². The number of carbonyl (C=O) groups is 1. The molecule has 5 rings (SSSR count). The van der Waals surface area contributed by atoms with Gasteiger partial charge in [-0.3, -0.25) is 4.79 Å². The van der Waals surface area contributed by atoms with Crippen molar-refractivity contribution in [3.63, 3.8) is 0 Å². The molecule has 1 N–H and O–H groups in total. The van der Waals surface area contributed by atoms with E-state index in [0.717, 1.165) is 36.8 Å². The summed E-state index contributed by atoms with van der Waals surface area (Å²) >= 11 is 0. The van der Waals surface area contributed by atoms with Crippen LogP contribution < -0.4 is 0 Å². The van der Waals surface area contributed by atoms with Crippen LogP contribution in [0.15, 0.2) is 59.3 Å². The molecule has 4 aliphatic heterocycles. The van der Waals surface area contributed by atoms with Gasteiger partial charge in [0.05, 0.1) is 30.8 Å². The van der Waals surface area contributed by atoms with Crippen molar-refractivity contribution in [3.05, 3.63) is 59.3 Å². The zero-order valence-corrected chi connectivity index (χ0v) is 22.6. The van der Waals surface area contributed by atoms with E-state index in [1.54, 1.807) is 0 Å². The van der Waals surface area contributed by atoms with Crippen LogP contribution in [0.3, 0.4) is 0 Å². The zero-order chi connectivity index (χ0) is 26.2. The van der Waals surface area contributed by atoms with E-state index in [9.17, 15) is 9.90 Å². The van der Waals surface area contributed by atoms with Gasteiger partial charge in [-0.1, -0.05) is 55.9 Å². The van der Waals surface area contributed by atoms with Crippen LogP contribution in [0.4, 0.5) is 0 Å². The molecule has 9 atom stereocenters. The number of rotatable bonds is 1. The highest BCUT2D eigenvalue weighted by atomic mass is 16.7. The molecule has 0 radical (unpaired) electrons. The third-order valence-electron chi connectivity index (χ3n) is 8.67. The Kier molecular flexibility index (Phi) is 7.92. The maximum atomic E-state index is 13.7. The zero-order valence-electron chi connectivity index (χ0n) is 22.6. The first-order valence-corrected chi connectivity index (χ1v) is 14.0. The molecule has 6 heteroatoms. The second-order valence-electron chi connectivity index (χ2n) is 11.5. The predicted octanol–water partition coefficient (Wildman–Crippen LogP) is 5.34. The van der Waals surface area contributed by atoms with E-state index >= 15 is 0 Å². The summed E-state index contributed by atoms with van der Waals surface area (Å²) in [5.74, 6) is -1.55. The van der Waals surface area contributed by atoms with Crippen LogP contribution in [0.1, 0.15) is 66.2 Å². The van der Waals surface area contributed by atoms with Crippen molar-refractivity contribution in [2.24, 2.45) is 17.8 Å². The van der Waals surface area contributed by atoms with Gasteiger partial charge in [0.15, 0.2) is 5.79 Å². The van der Waals surface area contributed by atoms with E-state index in [0.29, 0.717) is 25.4 Å². The van der Waals surface area contributed by atoms with E-state index < -0.39 is 23.9 Å². The number of fused-ring (bicyclic) bond motifs is 2. The predicted molar refractivity (Wildman–Crippen MR) is 142 cm³/mol. The van der Waals surface area contributed by atoms with E-state index in [2.05, 4.69) is 51.2 Å². The van der Waals surface area contributed by atoms with Crippen LogP contribution in [-0.2, 0) is 23.7 Å². The summed E-state index contributed by atoms with van der Waals surface area (Å²) in [6, 6.07) is 0. The van der Waals surface area contributed by atoms with E-state index in [1.165, 1.54) is 5.57 Å². The summed E-state index contributed by atoms with van der Waals surface area (Å²) < 4.78 is 25.4. The molecule has 2 fully saturated rings. The average molecular weight is 511 g/mol. The molecule has 2 bridgehead atoms. The van der Waals surface area contributed by atoms with Crippen molar-refractivity contribution < 1.29 is 28.8 Å². The molecule has 1 aliphatic carbocycles. The Morgan fingerprint density at radius 3 is 2.84 bits per heavy atom. The van der Waals surface area contributed by atoms with Gasteiger partial charge in [0, 0.05) is 24.7 Å². The Morgan fingerprint density at radius 2 is 2.03 bits per heavy atom. The lowest BCUT2D eigenvalue weighted by atomic mass is 9.75. The lowest BCUT2D eigenvalue weighted by Crippen LogP contribution is -2.52. The summed E-state index contributed by atoms with van der Waals surface area (Å²) in [5, 5.41) is 10.8. The van der Waals surface area contributed by atoms with Crippen LogP contribution >= 0.6 is 0 Å². The Balaban J connectivity index is 1.47. The summed E-state index contributed by atoms with van der Waals surface area (Å²) in [4.78, 5) is 13.7. The van der Waals surface area contributed by atoms with Crippen LogP contribution in [0.25, 0.3) is 0 Å².